The summed E-state index contributed by atoms with van der Waals surface area (Å²) in [5.74, 6) is 1.01. The first-order chi connectivity index (χ1) is 20.5. The Morgan fingerprint density at radius 3 is 2.30 bits per heavy atom. The van der Waals surface area contributed by atoms with E-state index in [0.717, 1.165) is 75.6 Å². The van der Waals surface area contributed by atoms with Crippen LogP contribution in [0.15, 0.2) is 29.2 Å². The molecular weight excluding hydrogens is 599 g/mol. The van der Waals surface area contributed by atoms with Crippen LogP contribution in [0.4, 0.5) is 18.0 Å². The van der Waals surface area contributed by atoms with Gasteiger partial charge in [-0.1, -0.05) is 34.1 Å². The number of ether oxygens (including phenoxy) is 2. The van der Waals surface area contributed by atoms with Gasteiger partial charge in [0, 0.05) is 0 Å². The summed E-state index contributed by atoms with van der Waals surface area (Å²) in [6.45, 7) is 8.89. The molecule has 248 valence electrons. The molecule has 4 fully saturated rings. The molecular formula is C32H46F3NO7S. The van der Waals surface area contributed by atoms with E-state index >= 15 is 0 Å². The van der Waals surface area contributed by atoms with Crippen molar-refractivity contribution in [2.24, 2.45) is 52.3 Å². The number of hydrogen-bond donors (Lipinski definition) is 3. The van der Waals surface area contributed by atoms with Crippen LogP contribution in [0.2, 0.25) is 0 Å². The molecule has 1 amide bonds. The van der Waals surface area contributed by atoms with Gasteiger partial charge in [-0.2, -0.15) is 0 Å². The minimum atomic E-state index is -4.91. The number of nitrogens with one attached hydrogen (secondary N) is 1. The zero-order valence-electron chi connectivity index (χ0n) is 25.8. The highest BCUT2D eigenvalue weighted by Crippen LogP contribution is 2.69. The first-order valence-electron chi connectivity index (χ1n) is 15.9. The van der Waals surface area contributed by atoms with E-state index < -0.39 is 39.2 Å². The van der Waals surface area contributed by atoms with Gasteiger partial charge in [-0.15, -0.1) is 13.2 Å². The molecule has 8 nitrogen and oxygen atoms in total. The largest absolute Gasteiger partial charge is 0.573 e. The number of sulfonamides is 1. The van der Waals surface area contributed by atoms with Crippen LogP contribution < -0.4 is 9.46 Å². The lowest BCUT2D eigenvalue weighted by Gasteiger charge is -2.64. The molecule has 4 aliphatic carbocycles. The molecule has 11 atom stereocenters. The predicted octanol–water partition coefficient (Wildman–Crippen LogP) is 6.26. The molecule has 0 aliphatic heterocycles. The molecule has 0 bridgehead atoms. The topological polar surface area (TPSA) is 122 Å². The SMILES string of the molecule is CC[C@H]1[C@@H](O)[C@@H]2[C@H](CC[C@]3(C)[C@@H]([C@H](C)COC(=O)NS(=O)(=O)c4ccc(OC(F)(F)F)cc4)CC[C@@H]23)[C@@]2(C)CC[C@@H](O)C[C@@H]12. The number of amides is 1. The first kappa shape index (κ1) is 33.3. The van der Waals surface area contributed by atoms with Gasteiger partial charge >= 0.3 is 12.5 Å². The van der Waals surface area contributed by atoms with Crippen LogP contribution in [-0.4, -0.2) is 49.9 Å². The molecule has 4 saturated carbocycles. The Morgan fingerprint density at radius 1 is 1.02 bits per heavy atom. The molecule has 4 aliphatic rings. The van der Waals surface area contributed by atoms with Crippen LogP contribution >= 0.6 is 0 Å². The standard InChI is InChI=1S/C32H46F3NO7S/c1-5-22-26-16-19(37)12-14-31(26,4)25-13-15-30(3)23(10-11-24(30)27(25)28(22)38)18(2)17-42-29(39)36-44(40,41)21-8-6-20(7-9-21)43-32(33,34)35/h6-9,18-19,22-28,37-38H,5,10-17H2,1-4H3,(H,36,39)/t18-,19-,22-,23-,24+,25+,26+,27+,28-,30-,31-/m1/s1. The minimum absolute atomic E-state index is 0.0125. The Labute approximate surface area is 258 Å². The Kier molecular flexibility index (Phi) is 9.05. The van der Waals surface area contributed by atoms with Gasteiger partial charge in [0.15, 0.2) is 0 Å². The number of alkyl halides is 3. The van der Waals surface area contributed by atoms with Gasteiger partial charge in [-0.3, -0.25) is 0 Å². The van der Waals surface area contributed by atoms with Crippen LogP contribution in [0.5, 0.6) is 5.75 Å². The highest BCUT2D eigenvalue weighted by Gasteiger charge is 2.65. The van der Waals surface area contributed by atoms with Crippen LogP contribution in [-0.2, 0) is 14.8 Å². The van der Waals surface area contributed by atoms with Crippen molar-refractivity contribution in [3.8, 4) is 5.75 Å². The molecule has 0 unspecified atom stereocenters. The summed E-state index contributed by atoms with van der Waals surface area (Å²) in [7, 11) is -4.37. The average molecular weight is 646 g/mol. The normalized spacial score (nSPS) is 39.4. The third-order valence-corrected chi connectivity index (χ3v) is 13.5. The summed E-state index contributed by atoms with van der Waals surface area (Å²) in [5.41, 5.74) is 0.0522. The van der Waals surface area contributed by atoms with Gasteiger partial charge in [-0.25, -0.2) is 17.9 Å². The second-order valence-corrected chi connectivity index (χ2v) is 16.0. The summed E-state index contributed by atoms with van der Waals surface area (Å²) in [4.78, 5) is 12.1. The molecule has 0 heterocycles. The monoisotopic (exact) mass is 645 g/mol. The third kappa shape index (κ3) is 6.07. The Bertz CT molecular complexity index is 1310. The van der Waals surface area contributed by atoms with Crippen molar-refractivity contribution in [2.45, 2.75) is 103 Å². The number of benzene rings is 1. The number of fused-ring (bicyclic) bond motifs is 5. The maximum absolute atomic E-state index is 12.6. The highest BCUT2D eigenvalue weighted by molar-refractivity contribution is 7.90. The Hall–Kier alpha value is -2.05. The number of aliphatic hydroxyl groups is 2. The zero-order valence-corrected chi connectivity index (χ0v) is 26.7. The van der Waals surface area contributed by atoms with E-state index in [1.807, 2.05) is 11.6 Å². The van der Waals surface area contributed by atoms with Crippen molar-refractivity contribution >= 4 is 16.1 Å². The fourth-order valence-electron chi connectivity index (χ4n) is 10.3. The van der Waals surface area contributed by atoms with Gasteiger partial charge in [0.05, 0.1) is 23.7 Å². The van der Waals surface area contributed by atoms with Gasteiger partial charge < -0.3 is 19.7 Å². The molecule has 0 aromatic heterocycles. The molecule has 5 rings (SSSR count). The molecule has 44 heavy (non-hydrogen) atoms. The van der Waals surface area contributed by atoms with E-state index in [4.69, 9.17) is 4.74 Å². The quantitative estimate of drug-likeness (QED) is 0.320. The summed E-state index contributed by atoms with van der Waals surface area (Å²) in [5, 5.41) is 22.4. The van der Waals surface area contributed by atoms with Crippen LogP contribution in [0, 0.1) is 52.3 Å². The number of carbonyl (C=O) groups is 1. The van der Waals surface area contributed by atoms with Crippen molar-refractivity contribution in [3.63, 3.8) is 0 Å². The Balaban J connectivity index is 1.22. The third-order valence-electron chi connectivity index (χ3n) is 12.2. The van der Waals surface area contributed by atoms with E-state index in [1.165, 1.54) is 0 Å². The minimum Gasteiger partial charge on any atom is -0.449 e. The lowest BCUT2D eigenvalue weighted by atomic mass is 9.41. The molecule has 0 saturated heterocycles. The van der Waals surface area contributed by atoms with Crippen LogP contribution in [0.1, 0.15) is 79.1 Å². The van der Waals surface area contributed by atoms with Crippen molar-refractivity contribution in [3.05, 3.63) is 24.3 Å². The summed E-state index contributed by atoms with van der Waals surface area (Å²) in [6, 6.07) is 3.53. The first-order valence-corrected chi connectivity index (χ1v) is 17.4. The number of hydrogen-bond acceptors (Lipinski definition) is 7. The van der Waals surface area contributed by atoms with E-state index in [1.54, 1.807) is 0 Å². The van der Waals surface area contributed by atoms with Crippen LogP contribution in [0.3, 0.4) is 0 Å². The van der Waals surface area contributed by atoms with Crippen molar-refractivity contribution in [1.29, 1.82) is 0 Å². The second kappa shape index (κ2) is 12.0. The molecule has 1 aromatic rings. The van der Waals surface area contributed by atoms with E-state index in [-0.39, 0.29) is 47.2 Å². The number of aliphatic hydroxyl groups excluding tert-OH is 2. The fraction of sp³-hybridized carbons (Fsp3) is 0.781. The molecule has 3 N–H and O–H groups in total. The molecule has 0 spiro atoms. The van der Waals surface area contributed by atoms with E-state index in [2.05, 4.69) is 25.5 Å². The highest BCUT2D eigenvalue weighted by atomic mass is 32.2. The van der Waals surface area contributed by atoms with Crippen LogP contribution in [0.25, 0.3) is 0 Å². The average Bonchev–Trinajstić information content (AvgIpc) is 3.29. The molecule has 0 radical (unpaired) electrons. The smallest absolute Gasteiger partial charge is 0.449 e. The van der Waals surface area contributed by atoms with E-state index in [9.17, 15) is 36.6 Å². The predicted molar refractivity (Wildman–Crippen MR) is 156 cm³/mol. The number of rotatable bonds is 7. The summed E-state index contributed by atoms with van der Waals surface area (Å²) < 4.78 is 73.4. The van der Waals surface area contributed by atoms with Gasteiger partial charge in [0.1, 0.15) is 5.75 Å². The lowest BCUT2D eigenvalue weighted by Crippen LogP contribution is -2.62. The fourth-order valence-corrected chi connectivity index (χ4v) is 11.2. The number of halogens is 3. The Morgan fingerprint density at radius 2 is 1.66 bits per heavy atom. The maximum Gasteiger partial charge on any atom is 0.573 e. The summed E-state index contributed by atoms with van der Waals surface area (Å²) >= 11 is 0. The number of carbonyl (C=O) groups excluding carboxylic acids is 1. The van der Waals surface area contributed by atoms with Gasteiger partial charge in [0.25, 0.3) is 10.0 Å². The second-order valence-electron chi connectivity index (χ2n) is 14.3. The molecule has 12 heteroatoms. The lowest BCUT2D eigenvalue weighted by molar-refractivity contribution is -0.274. The summed E-state index contributed by atoms with van der Waals surface area (Å²) in [6.07, 6.45) is 0.647. The van der Waals surface area contributed by atoms with Crippen molar-refractivity contribution in [2.75, 3.05) is 6.61 Å². The zero-order chi connectivity index (χ0) is 32.2. The van der Waals surface area contributed by atoms with Gasteiger partial charge in [-0.05, 0) is 121 Å². The van der Waals surface area contributed by atoms with Gasteiger partial charge in [0.2, 0.25) is 0 Å². The molecule has 1 aromatic carbocycles. The maximum atomic E-state index is 12.6. The van der Waals surface area contributed by atoms with E-state index in [0.29, 0.717) is 17.8 Å². The van der Waals surface area contributed by atoms with Crippen molar-refractivity contribution < 1.29 is 46.1 Å². The van der Waals surface area contributed by atoms with Crippen molar-refractivity contribution in [1.82, 2.24) is 4.72 Å².